The van der Waals surface area contributed by atoms with Gasteiger partial charge in [-0.2, -0.15) is 0 Å². The third-order valence-corrected chi connectivity index (χ3v) is 1.23. The molecule has 0 aromatic carbocycles. The minimum atomic E-state index is -0.0165. The highest BCUT2D eigenvalue weighted by Gasteiger charge is 2.03. The van der Waals surface area contributed by atoms with Crippen LogP contribution in [0.5, 0.6) is 0 Å². The molecule has 0 aliphatic carbocycles. The fourth-order valence-corrected chi connectivity index (χ4v) is 0.610. The lowest BCUT2D eigenvalue weighted by Gasteiger charge is -2.10. The zero-order chi connectivity index (χ0) is 10.3. The molecule has 0 bridgehead atoms. The molecule has 0 aromatic heterocycles. The van der Waals surface area contributed by atoms with Gasteiger partial charge in [0.2, 0.25) is 0 Å². The quantitative estimate of drug-likeness (QED) is 0.462. The van der Waals surface area contributed by atoms with E-state index in [1.165, 1.54) is 0 Å². The second kappa shape index (κ2) is 5.52. The summed E-state index contributed by atoms with van der Waals surface area (Å²) in [6.07, 6.45) is 9.65. The highest BCUT2D eigenvalue weighted by Crippen LogP contribution is 2.05. The van der Waals surface area contributed by atoms with Crippen molar-refractivity contribution in [3.8, 4) is 0 Å². The van der Waals surface area contributed by atoms with Crippen LogP contribution in [0.3, 0.4) is 0 Å². The molecule has 72 valence electrons. The molecule has 0 saturated carbocycles. The predicted molar refractivity (Wildman–Crippen MR) is 61.3 cm³/mol. The maximum Gasteiger partial charge on any atom is 0.0524 e. The van der Waals surface area contributed by atoms with Gasteiger partial charge in [-0.05, 0) is 33.3 Å². The molecule has 0 fully saturated rings. The smallest absolute Gasteiger partial charge is 0.0524 e. The van der Waals surface area contributed by atoms with Crippen LogP contribution in [0.2, 0.25) is 0 Å². The second-order valence-electron chi connectivity index (χ2n) is 3.89. The van der Waals surface area contributed by atoms with Crippen molar-refractivity contribution in [2.45, 2.75) is 33.2 Å². The van der Waals surface area contributed by atoms with E-state index in [0.29, 0.717) is 0 Å². The van der Waals surface area contributed by atoms with Gasteiger partial charge < -0.3 is 0 Å². The zero-order valence-corrected chi connectivity index (χ0v) is 9.04. The summed E-state index contributed by atoms with van der Waals surface area (Å²) in [4.78, 5) is 4.34. The lowest BCUT2D eigenvalue weighted by molar-refractivity contribution is 0.586. The van der Waals surface area contributed by atoms with Crippen molar-refractivity contribution in [1.29, 1.82) is 0 Å². The Morgan fingerprint density at radius 2 is 1.85 bits per heavy atom. The predicted octanol–water partition coefficient (Wildman–Crippen LogP) is 3.54. The number of rotatable bonds is 3. The number of hydrogen-bond donors (Lipinski definition) is 0. The summed E-state index contributed by atoms with van der Waals surface area (Å²) in [6, 6.07) is 0. The Bertz CT molecular complexity index is 236. The maximum atomic E-state index is 4.34. The van der Waals surface area contributed by atoms with Crippen molar-refractivity contribution in [2.75, 3.05) is 0 Å². The molecule has 0 N–H and O–H groups in total. The number of aliphatic imine (C=N–C) groups is 1. The summed E-state index contributed by atoms with van der Waals surface area (Å²) < 4.78 is 0. The van der Waals surface area contributed by atoms with Crippen LogP contribution >= 0.6 is 0 Å². The largest absolute Gasteiger partial charge is 0.287 e. The van der Waals surface area contributed by atoms with Gasteiger partial charge in [0.1, 0.15) is 0 Å². The highest BCUT2D eigenvalue weighted by atomic mass is 14.8. The van der Waals surface area contributed by atoms with Crippen molar-refractivity contribution in [3.63, 3.8) is 0 Å². The Morgan fingerprint density at radius 1 is 1.23 bits per heavy atom. The molecule has 0 spiro atoms. The van der Waals surface area contributed by atoms with Crippen molar-refractivity contribution in [2.24, 2.45) is 4.99 Å². The summed E-state index contributed by atoms with van der Waals surface area (Å²) in [5.74, 6) is 0. The molecule has 0 heterocycles. The Labute approximate surface area is 81.6 Å². The van der Waals surface area contributed by atoms with Gasteiger partial charge in [-0.3, -0.25) is 4.99 Å². The zero-order valence-electron chi connectivity index (χ0n) is 9.04. The van der Waals surface area contributed by atoms with Crippen molar-refractivity contribution in [1.82, 2.24) is 0 Å². The molecule has 1 nitrogen and oxygen atoms in total. The molecule has 13 heavy (non-hydrogen) atoms. The SMILES string of the molecule is C=C(/C=C\C=C/C)/C=N/C(C)(C)C. The van der Waals surface area contributed by atoms with E-state index in [1.54, 1.807) is 6.21 Å². The van der Waals surface area contributed by atoms with Crippen LogP contribution in [0.1, 0.15) is 27.7 Å². The van der Waals surface area contributed by atoms with Crippen LogP contribution in [0.25, 0.3) is 0 Å². The molecule has 0 aliphatic heterocycles. The standard InChI is InChI=1S/C12H19N/c1-6-7-8-9-11(2)10-13-12(3,4)5/h6-10H,2H2,1,3-5H3/b7-6-,9-8-,13-10+. The summed E-state index contributed by atoms with van der Waals surface area (Å²) in [7, 11) is 0. The maximum absolute atomic E-state index is 4.34. The van der Waals surface area contributed by atoms with Gasteiger partial charge in [0.05, 0.1) is 5.54 Å². The fraction of sp³-hybridized carbons (Fsp3) is 0.417. The number of allylic oxidation sites excluding steroid dienone is 5. The Balaban J connectivity index is 4.09. The Morgan fingerprint density at radius 3 is 2.31 bits per heavy atom. The summed E-state index contributed by atoms with van der Waals surface area (Å²) in [5, 5.41) is 0. The van der Waals surface area contributed by atoms with E-state index in [0.717, 1.165) is 5.57 Å². The van der Waals surface area contributed by atoms with Crippen molar-refractivity contribution in [3.05, 3.63) is 36.5 Å². The number of nitrogens with zero attached hydrogens (tertiary/aromatic N) is 1. The van der Waals surface area contributed by atoms with Gasteiger partial charge >= 0.3 is 0 Å². The summed E-state index contributed by atoms with van der Waals surface area (Å²) in [6.45, 7) is 12.0. The highest BCUT2D eigenvalue weighted by molar-refractivity contribution is 5.81. The van der Waals surface area contributed by atoms with Gasteiger partial charge in [0.25, 0.3) is 0 Å². The van der Waals surface area contributed by atoms with Crippen LogP contribution in [-0.4, -0.2) is 11.8 Å². The second-order valence-corrected chi connectivity index (χ2v) is 3.89. The topological polar surface area (TPSA) is 12.4 Å². The average Bonchev–Trinajstić information content (AvgIpc) is 2.00. The molecule has 0 atom stereocenters. The van der Waals surface area contributed by atoms with Crippen LogP contribution < -0.4 is 0 Å². The average molecular weight is 177 g/mol. The van der Waals surface area contributed by atoms with E-state index < -0.39 is 0 Å². The van der Waals surface area contributed by atoms with Crippen molar-refractivity contribution < 1.29 is 0 Å². The first-order valence-electron chi connectivity index (χ1n) is 4.49. The monoisotopic (exact) mass is 177 g/mol. The van der Waals surface area contributed by atoms with Gasteiger partial charge in [0.15, 0.2) is 0 Å². The third-order valence-electron chi connectivity index (χ3n) is 1.23. The molecule has 0 rings (SSSR count). The lowest BCUT2D eigenvalue weighted by atomic mass is 10.1. The lowest BCUT2D eigenvalue weighted by Crippen LogP contribution is -2.09. The minimum Gasteiger partial charge on any atom is -0.287 e. The first-order valence-corrected chi connectivity index (χ1v) is 4.49. The number of hydrogen-bond acceptors (Lipinski definition) is 1. The molecule has 0 radical (unpaired) electrons. The van der Waals surface area contributed by atoms with Crippen LogP contribution in [-0.2, 0) is 0 Å². The molecule has 0 amide bonds. The Hall–Kier alpha value is -1.11. The first-order chi connectivity index (χ1) is 5.95. The normalized spacial score (nSPS) is 13.5. The van der Waals surface area contributed by atoms with Crippen LogP contribution in [0.15, 0.2) is 41.4 Å². The minimum absolute atomic E-state index is 0.0165. The molecular formula is C12H19N. The van der Waals surface area contributed by atoms with Gasteiger partial charge in [0, 0.05) is 6.21 Å². The molecular weight excluding hydrogens is 158 g/mol. The van der Waals surface area contributed by atoms with E-state index in [-0.39, 0.29) is 5.54 Å². The summed E-state index contributed by atoms with van der Waals surface area (Å²) in [5.41, 5.74) is 0.908. The fourth-order valence-electron chi connectivity index (χ4n) is 0.610. The first kappa shape index (κ1) is 11.9. The molecule has 0 aromatic rings. The van der Waals surface area contributed by atoms with Gasteiger partial charge in [-0.25, -0.2) is 0 Å². The van der Waals surface area contributed by atoms with E-state index in [2.05, 4.69) is 32.3 Å². The van der Waals surface area contributed by atoms with Gasteiger partial charge in [-0.1, -0.05) is 30.9 Å². The van der Waals surface area contributed by atoms with E-state index in [1.807, 2.05) is 31.2 Å². The molecule has 0 saturated heterocycles. The van der Waals surface area contributed by atoms with E-state index in [4.69, 9.17) is 0 Å². The Kier molecular flexibility index (Phi) is 5.05. The van der Waals surface area contributed by atoms with Crippen LogP contribution in [0.4, 0.5) is 0 Å². The van der Waals surface area contributed by atoms with Crippen molar-refractivity contribution >= 4 is 6.21 Å². The molecule has 1 heteroatoms. The third kappa shape index (κ3) is 8.80. The molecule has 0 unspecified atom stereocenters. The van der Waals surface area contributed by atoms with E-state index in [9.17, 15) is 0 Å². The van der Waals surface area contributed by atoms with Gasteiger partial charge in [-0.15, -0.1) is 0 Å². The summed E-state index contributed by atoms with van der Waals surface area (Å²) >= 11 is 0. The van der Waals surface area contributed by atoms with Crippen LogP contribution in [0, 0.1) is 0 Å². The van der Waals surface area contributed by atoms with E-state index >= 15 is 0 Å². The molecule has 0 aliphatic rings.